The van der Waals surface area contributed by atoms with E-state index in [-0.39, 0.29) is 30.4 Å². The number of para-hydroxylation sites is 2. The minimum Gasteiger partial charge on any atom is -0.486 e. The second kappa shape index (κ2) is 8.04. The SMILES string of the molecule is O=C(CNC(=O)C1CCCCC1)NC[C@H]1COc2ccccc2O1. The van der Waals surface area contributed by atoms with Crippen molar-refractivity contribution < 1.29 is 19.1 Å². The van der Waals surface area contributed by atoms with Crippen molar-refractivity contribution in [2.24, 2.45) is 5.92 Å². The summed E-state index contributed by atoms with van der Waals surface area (Å²) in [6.45, 7) is 0.762. The summed E-state index contributed by atoms with van der Waals surface area (Å²) in [4.78, 5) is 23.9. The van der Waals surface area contributed by atoms with Crippen molar-refractivity contribution in [2.45, 2.75) is 38.2 Å². The van der Waals surface area contributed by atoms with E-state index in [1.807, 2.05) is 24.3 Å². The summed E-state index contributed by atoms with van der Waals surface area (Å²) in [5.74, 6) is 1.27. The molecule has 130 valence electrons. The van der Waals surface area contributed by atoms with Crippen molar-refractivity contribution in [1.82, 2.24) is 10.6 Å². The first-order chi connectivity index (χ1) is 11.7. The second-order valence-corrected chi connectivity index (χ2v) is 6.35. The number of carbonyl (C=O) groups excluding carboxylic acids is 2. The second-order valence-electron chi connectivity index (χ2n) is 6.35. The highest BCUT2D eigenvalue weighted by Gasteiger charge is 2.23. The molecule has 1 fully saturated rings. The van der Waals surface area contributed by atoms with Gasteiger partial charge >= 0.3 is 0 Å². The van der Waals surface area contributed by atoms with Gasteiger partial charge in [0, 0.05) is 5.92 Å². The van der Waals surface area contributed by atoms with Crippen LogP contribution in [0, 0.1) is 5.92 Å². The maximum atomic E-state index is 12.0. The first-order valence-corrected chi connectivity index (χ1v) is 8.65. The fourth-order valence-corrected chi connectivity index (χ4v) is 3.13. The smallest absolute Gasteiger partial charge is 0.239 e. The van der Waals surface area contributed by atoms with E-state index >= 15 is 0 Å². The molecule has 1 aliphatic heterocycles. The van der Waals surface area contributed by atoms with Gasteiger partial charge < -0.3 is 20.1 Å². The first-order valence-electron chi connectivity index (χ1n) is 8.65. The Morgan fingerprint density at radius 2 is 1.79 bits per heavy atom. The Hall–Kier alpha value is -2.24. The Labute approximate surface area is 141 Å². The fraction of sp³-hybridized carbons (Fsp3) is 0.556. The molecular weight excluding hydrogens is 308 g/mol. The van der Waals surface area contributed by atoms with E-state index in [9.17, 15) is 9.59 Å². The Morgan fingerprint density at radius 1 is 1.04 bits per heavy atom. The van der Waals surface area contributed by atoms with Crippen molar-refractivity contribution in [3.63, 3.8) is 0 Å². The fourth-order valence-electron chi connectivity index (χ4n) is 3.13. The maximum Gasteiger partial charge on any atom is 0.239 e. The summed E-state index contributed by atoms with van der Waals surface area (Å²) >= 11 is 0. The summed E-state index contributed by atoms with van der Waals surface area (Å²) in [5.41, 5.74) is 0. The maximum absolute atomic E-state index is 12.0. The molecule has 0 spiro atoms. The molecule has 1 aliphatic carbocycles. The molecular formula is C18H24N2O4. The number of benzene rings is 1. The zero-order valence-corrected chi connectivity index (χ0v) is 13.8. The lowest BCUT2D eigenvalue weighted by Gasteiger charge is -2.26. The van der Waals surface area contributed by atoms with Gasteiger partial charge in [0.15, 0.2) is 11.5 Å². The van der Waals surface area contributed by atoms with Crippen LogP contribution in [0.4, 0.5) is 0 Å². The van der Waals surface area contributed by atoms with Gasteiger partial charge in [0.25, 0.3) is 0 Å². The minimum absolute atomic E-state index is 0.00368. The number of hydrogen-bond donors (Lipinski definition) is 2. The van der Waals surface area contributed by atoms with Gasteiger partial charge in [0.1, 0.15) is 12.7 Å². The quantitative estimate of drug-likeness (QED) is 0.859. The third-order valence-corrected chi connectivity index (χ3v) is 4.49. The number of nitrogens with one attached hydrogen (secondary N) is 2. The Bertz CT molecular complexity index is 584. The molecule has 6 nitrogen and oxygen atoms in total. The van der Waals surface area contributed by atoms with Crippen LogP contribution in [-0.2, 0) is 9.59 Å². The number of amides is 2. The number of hydrogen-bond acceptors (Lipinski definition) is 4. The highest BCUT2D eigenvalue weighted by molar-refractivity contribution is 5.85. The number of rotatable bonds is 5. The molecule has 3 rings (SSSR count). The molecule has 0 bridgehead atoms. The number of fused-ring (bicyclic) bond motifs is 1. The zero-order chi connectivity index (χ0) is 16.8. The van der Waals surface area contributed by atoms with E-state index in [0.717, 1.165) is 31.4 Å². The van der Waals surface area contributed by atoms with E-state index < -0.39 is 0 Å². The van der Waals surface area contributed by atoms with Gasteiger partial charge in [-0.3, -0.25) is 9.59 Å². The molecule has 1 aromatic carbocycles. The Morgan fingerprint density at radius 3 is 2.58 bits per heavy atom. The van der Waals surface area contributed by atoms with Crippen molar-refractivity contribution in [1.29, 1.82) is 0 Å². The van der Waals surface area contributed by atoms with E-state index in [4.69, 9.17) is 9.47 Å². The van der Waals surface area contributed by atoms with Gasteiger partial charge in [0.05, 0.1) is 13.1 Å². The average molecular weight is 332 g/mol. The molecule has 24 heavy (non-hydrogen) atoms. The predicted molar refractivity (Wildman–Crippen MR) is 88.9 cm³/mol. The van der Waals surface area contributed by atoms with Crippen molar-refractivity contribution in [3.8, 4) is 11.5 Å². The normalized spacial score (nSPS) is 20.2. The van der Waals surface area contributed by atoms with Gasteiger partial charge in [0.2, 0.25) is 11.8 Å². The first kappa shape index (κ1) is 16.6. The zero-order valence-electron chi connectivity index (χ0n) is 13.8. The van der Waals surface area contributed by atoms with Gasteiger partial charge in [-0.25, -0.2) is 0 Å². The third kappa shape index (κ3) is 4.40. The molecule has 6 heteroatoms. The molecule has 1 heterocycles. The largest absolute Gasteiger partial charge is 0.486 e. The summed E-state index contributed by atoms with van der Waals surface area (Å²) in [7, 11) is 0. The molecule has 2 N–H and O–H groups in total. The topological polar surface area (TPSA) is 76.7 Å². The van der Waals surface area contributed by atoms with Gasteiger partial charge in [-0.1, -0.05) is 31.4 Å². The Balaban J connectivity index is 1.36. The van der Waals surface area contributed by atoms with E-state index in [2.05, 4.69) is 10.6 Å². The predicted octanol–water partition coefficient (Wildman–Crippen LogP) is 1.64. The van der Waals surface area contributed by atoms with Crippen LogP contribution < -0.4 is 20.1 Å². The monoisotopic (exact) mass is 332 g/mol. The van der Waals surface area contributed by atoms with E-state index in [1.165, 1.54) is 6.42 Å². The van der Waals surface area contributed by atoms with Crippen molar-refractivity contribution in [2.75, 3.05) is 19.7 Å². The summed E-state index contributed by atoms with van der Waals surface area (Å²) in [6, 6.07) is 7.46. The van der Waals surface area contributed by atoms with Crippen LogP contribution in [0.3, 0.4) is 0 Å². The average Bonchev–Trinajstić information content (AvgIpc) is 2.65. The molecule has 1 aromatic rings. The van der Waals surface area contributed by atoms with Crippen LogP contribution in [0.25, 0.3) is 0 Å². The lowest BCUT2D eigenvalue weighted by atomic mass is 9.89. The summed E-state index contributed by atoms with van der Waals surface area (Å²) in [5, 5.41) is 5.52. The standard InChI is InChI=1S/C18H24N2O4/c21-17(11-20-18(22)13-6-2-1-3-7-13)19-10-14-12-23-15-8-4-5-9-16(15)24-14/h4-5,8-9,13-14H,1-3,6-7,10-12H2,(H,19,21)(H,20,22)/t14-/m0/s1. The number of carbonyl (C=O) groups is 2. The van der Waals surface area contributed by atoms with Crippen LogP contribution in [0.5, 0.6) is 11.5 Å². The third-order valence-electron chi connectivity index (χ3n) is 4.49. The van der Waals surface area contributed by atoms with E-state index in [0.29, 0.717) is 18.9 Å². The molecule has 2 amide bonds. The Kier molecular flexibility index (Phi) is 5.56. The molecule has 0 aromatic heterocycles. The summed E-state index contributed by atoms with van der Waals surface area (Å²) < 4.78 is 11.4. The summed E-state index contributed by atoms with van der Waals surface area (Å²) in [6.07, 6.45) is 5.05. The van der Waals surface area contributed by atoms with Gasteiger partial charge in [-0.15, -0.1) is 0 Å². The lowest BCUT2D eigenvalue weighted by Crippen LogP contribution is -2.45. The molecule has 0 unspecified atom stereocenters. The molecule has 0 radical (unpaired) electrons. The van der Waals surface area contributed by atoms with Crippen molar-refractivity contribution >= 4 is 11.8 Å². The highest BCUT2D eigenvalue weighted by Crippen LogP contribution is 2.30. The minimum atomic E-state index is -0.224. The van der Waals surface area contributed by atoms with Crippen LogP contribution in [0.2, 0.25) is 0 Å². The lowest BCUT2D eigenvalue weighted by molar-refractivity contribution is -0.129. The van der Waals surface area contributed by atoms with Crippen LogP contribution in [0.1, 0.15) is 32.1 Å². The number of ether oxygens (including phenoxy) is 2. The van der Waals surface area contributed by atoms with E-state index in [1.54, 1.807) is 0 Å². The molecule has 1 atom stereocenters. The molecule has 0 saturated heterocycles. The highest BCUT2D eigenvalue weighted by atomic mass is 16.6. The molecule has 1 saturated carbocycles. The van der Waals surface area contributed by atoms with Crippen molar-refractivity contribution in [3.05, 3.63) is 24.3 Å². The van der Waals surface area contributed by atoms with Crippen LogP contribution in [0.15, 0.2) is 24.3 Å². The van der Waals surface area contributed by atoms with Crippen LogP contribution >= 0.6 is 0 Å². The van der Waals surface area contributed by atoms with Gasteiger partial charge in [-0.05, 0) is 25.0 Å². The van der Waals surface area contributed by atoms with Gasteiger partial charge in [-0.2, -0.15) is 0 Å². The molecule has 2 aliphatic rings. The van der Waals surface area contributed by atoms with Crippen LogP contribution in [-0.4, -0.2) is 37.6 Å².